The normalized spacial score (nSPS) is 20.8. The van der Waals surface area contributed by atoms with Crippen molar-refractivity contribution in [3.63, 3.8) is 0 Å². The van der Waals surface area contributed by atoms with Gasteiger partial charge >= 0.3 is 0 Å². The lowest BCUT2D eigenvalue weighted by Gasteiger charge is -2.38. The van der Waals surface area contributed by atoms with Gasteiger partial charge in [0, 0.05) is 12.2 Å². The molecule has 1 fully saturated rings. The number of anilines is 2. The van der Waals surface area contributed by atoms with Crippen LogP contribution in [0.1, 0.15) is 20.3 Å². The Labute approximate surface area is 103 Å². The minimum atomic E-state index is -0.623. The van der Waals surface area contributed by atoms with Gasteiger partial charge in [0.25, 0.3) is 0 Å². The van der Waals surface area contributed by atoms with Crippen molar-refractivity contribution in [3.8, 4) is 0 Å². The molecule has 0 saturated carbocycles. The van der Waals surface area contributed by atoms with Crippen LogP contribution in [0.25, 0.3) is 0 Å². The van der Waals surface area contributed by atoms with Crippen molar-refractivity contribution in [3.05, 3.63) is 23.8 Å². The highest BCUT2D eigenvalue weighted by Crippen LogP contribution is 2.34. The zero-order valence-electron chi connectivity index (χ0n) is 10.3. The van der Waals surface area contributed by atoms with E-state index in [4.69, 9.17) is 5.73 Å². The molecule has 2 rings (SSSR count). The van der Waals surface area contributed by atoms with E-state index in [0.29, 0.717) is 5.41 Å². The number of rotatable bonds is 1. The van der Waals surface area contributed by atoms with Gasteiger partial charge in [-0.2, -0.15) is 0 Å². The van der Waals surface area contributed by atoms with E-state index in [-0.39, 0.29) is 11.4 Å². The third-order valence-corrected chi connectivity index (χ3v) is 6.22. The van der Waals surface area contributed by atoms with Gasteiger partial charge in [0.1, 0.15) is 15.4 Å². The van der Waals surface area contributed by atoms with Crippen LogP contribution in [0, 0.1) is 17.0 Å². The van der Waals surface area contributed by atoms with Gasteiger partial charge in [-0.3, -0.25) is 0 Å². The van der Waals surface area contributed by atoms with Gasteiger partial charge in [0.05, 0.1) is 0 Å². The first kappa shape index (κ1) is 12.4. The SMILES string of the molecule is CC1(C)CCN(c2c(F)cc(N)cc2F)[SiH2]C1. The van der Waals surface area contributed by atoms with Crippen molar-refractivity contribution >= 4 is 21.1 Å². The van der Waals surface area contributed by atoms with Gasteiger partial charge in [0.2, 0.25) is 0 Å². The molecule has 0 amide bonds. The maximum absolute atomic E-state index is 13.7. The van der Waals surface area contributed by atoms with Crippen LogP contribution >= 0.6 is 0 Å². The lowest BCUT2D eigenvalue weighted by atomic mass is 9.91. The van der Waals surface area contributed by atoms with Crippen molar-refractivity contribution < 1.29 is 8.78 Å². The van der Waals surface area contributed by atoms with E-state index < -0.39 is 21.3 Å². The molecule has 1 aliphatic heterocycles. The molecule has 1 saturated heterocycles. The fourth-order valence-corrected chi connectivity index (χ4v) is 4.26. The topological polar surface area (TPSA) is 29.3 Å². The lowest BCUT2D eigenvalue weighted by Crippen LogP contribution is -2.40. The summed E-state index contributed by atoms with van der Waals surface area (Å²) in [5.74, 6) is -1.07. The smallest absolute Gasteiger partial charge is 0.150 e. The van der Waals surface area contributed by atoms with Crippen LogP contribution in [0.5, 0.6) is 0 Å². The number of hydrogen-bond donors (Lipinski definition) is 1. The molecule has 94 valence electrons. The monoisotopic (exact) mass is 256 g/mol. The number of nitrogens with zero attached hydrogens (tertiary/aromatic N) is 1. The summed E-state index contributed by atoms with van der Waals surface area (Å²) < 4.78 is 29.4. The number of nitrogens with two attached hydrogens (primary N) is 1. The summed E-state index contributed by atoms with van der Waals surface area (Å²) in [6, 6.07) is 3.48. The summed E-state index contributed by atoms with van der Waals surface area (Å²) in [5, 5.41) is 0. The van der Waals surface area contributed by atoms with E-state index in [2.05, 4.69) is 13.8 Å². The Bertz CT molecular complexity index is 402. The summed E-state index contributed by atoms with van der Waals surface area (Å²) in [5.41, 5.74) is 6.00. The quantitative estimate of drug-likeness (QED) is 0.617. The van der Waals surface area contributed by atoms with E-state index in [1.165, 1.54) is 12.1 Å². The molecule has 0 atom stereocenters. The number of benzene rings is 1. The van der Waals surface area contributed by atoms with Crippen LogP contribution in [-0.4, -0.2) is 16.2 Å². The van der Waals surface area contributed by atoms with Crippen LogP contribution < -0.4 is 10.3 Å². The van der Waals surface area contributed by atoms with Crippen molar-refractivity contribution in [1.29, 1.82) is 0 Å². The van der Waals surface area contributed by atoms with Crippen LogP contribution in [0.4, 0.5) is 20.2 Å². The highest BCUT2D eigenvalue weighted by molar-refractivity contribution is 6.42. The second-order valence-electron chi connectivity index (χ2n) is 5.48. The molecule has 1 heterocycles. The standard InChI is InChI=1S/C12H18F2N2Si/c1-12(2)3-4-16(17-7-12)11-9(13)5-8(15)6-10(11)14/h5-6H,3-4,7,15,17H2,1-2H3. The van der Waals surface area contributed by atoms with Crippen LogP contribution in [0.15, 0.2) is 12.1 Å². The van der Waals surface area contributed by atoms with Crippen molar-refractivity contribution in [1.82, 2.24) is 0 Å². The van der Waals surface area contributed by atoms with Gasteiger partial charge in [-0.15, -0.1) is 0 Å². The van der Waals surface area contributed by atoms with E-state index in [0.717, 1.165) is 19.0 Å². The van der Waals surface area contributed by atoms with E-state index in [1.54, 1.807) is 0 Å². The molecule has 0 radical (unpaired) electrons. The van der Waals surface area contributed by atoms with Crippen LogP contribution in [0.2, 0.25) is 6.04 Å². The Balaban J connectivity index is 2.24. The van der Waals surface area contributed by atoms with E-state index in [1.807, 2.05) is 4.57 Å². The molecule has 2 nitrogen and oxygen atoms in total. The van der Waals surface area contributed by atoms with Crippen molar-refractivity contribution in [2.24, 2.45) is 5.41 Å². The summed E-state index contributed by atoms with van der Waals surface area (Å²) in [6.45, 7) is 5.18. The Morgan fingerprint density at radius 2 is 1.88 bits per heavy atom. The van der Waals surface area contributed by atoms with Gasteiger partial charge in [0.15, 0.2) is 11.6 Å². The maximum Gasteiger partial charge on any atom is 0.150 e. The maximum atomic E-state index is 13.7. The fraction of sp³-hybridized carbons (Fsp3) is 0.500. The molecule has 0 bridgehead atoms. The zero-order valence-corrected chi connectivity index (χ0v) is 11.7. The Morgan fingerprint density at radius 3 is 2.35 bits per heavy atom. The summed E-state index contributed by atoms with van der Waals surface area (Å²) in [4.78, 5) is 0. The average molecular weight is 256 g/mol. The Kier molecular flexibility index (Phi) is 3.12. The molecule has 2 N–H and O–H groups in total. The molecule has 1 aromatic carbocycles. The molecular weight excluding hydrogens is 238 g/mol. The molecule has 17 heavy (non-hydrogen) atoms. The number of hydrogen-bond acceptors (Lipinski definition) is 2. The first-order chi connectivity index (χ1) is 7.89. The van der Waals surface area contributed by atoms with Crippen LogP contribution in [-0.2, 0) is 0 Å². The van der Waals surface area contributed by atoms with Gasteiger partial charge in [-0.1, -0.05) is 13.8 Å². The highest BCUT2D eigenvalue weighted by atomic mass is 28.2. The second kappa shape index (κ2) is 4.29. The summed E-state index contributed by atoms with van der Waals surface area (Å²) >= 11 is 0. The van der Waals surface area contributed by atoms with Gasteiger partial charge in [-0.25, -0.2) is 8.78 Å². The molecule has 0 spiro atoms. The largest absolute Gasteiger partial charge is 0.399 e. The van der Waals surface area contributed by atoms with Gasteiger partial charge < -0.3 is 10.3 Å². The van der Waals surface area contributed by atoms with E-state index in [9.17, 15) is 8.78 Å². The predicted molar refractivity (Wildman–Crippen MR) is 69.9 cm³/mol. The van der Waals surface area contributed by atoms with Crippen LogP contribution in [0.3, 0.4) is 0 Å². The predicted octanol–water partition coefficient (Wildman–Crippen LogP) is 2.29. The highest BCUT2D eigenvalue weighted by Gasteiger charge is 2.28. The third kappa shape index (κ3) is 2.60. The second-order valence-corrected chi connectivity index (χ2v) is 7.20. The molecule has 5 heteroatoms. The summed E-state index contributed by atoms with van der Waals surface area (Å²) in [6.07, 6.45) is 0.975. The average Bonchev–Trinajstić information content (AvgIpc) is 2.19. The molecule has 0 aliphatic carbocycles. The number of halogens is 2. The number of nitrogen functional groups attached to an aromatic ring is 1. The van der Waals surface area contributed by atoms with Crippen molar-refractivity contribution in [2.75, 3.05) is 16.8 Å². The zero-order chi connectivity index (χ0) is 12.6. The third-order valence-electron chi connectivity index (χ3n) is 3.47. The first-order valence-corrected chi connectivity index (χ1v) is 7.52. The molecule has 0 unspecified atom stereocenters. The molecule has 1 aliphatic rings. The summed E-state index contributed by atoms with van der Waals surface area (Å²) in [7, 11) is -0.623. The fourth-order valence-electron chi connectivity index (χ4n) is 2.22. The minimum Gasteiger partial charge on any atom is -0.399 e. The lowest BCUT2D eigenvalue weighted by molar-refractivity contribution is 0.368. The minimum absolute atomic E-state index is 0.126. The van der Waals surface area contributed by atoms with Crippen molar-refractivity contribution in [2.45, 2.75) is 26.3 Å². The Morgan fingerprint density at radius 1 is 1.29 bits per heavy atom. The Hall–Kier alpha value is -1.10. The van der Waals surface area contributed by atoms with Gasteiger partial charge in [-0.05, 0) is 30.0 Å². The molecule has 1 aromatic rings. The first-order valence-electron chi connectivity index (χ1n) is 5.88. The van der Waals surface area contributed by atoms with E-state index >= 15 is 0 Å². The molecule has 0 aromatic heterocycles. The molecular formula is C12H18F2N2Si.